The SMILES string of the molecule is O=C(CCNc1ncccn1)N1CCCN(c2cccnn2)CC1. The second kappa shape index (κ2) is 8.19. The van der Waals surface area contributed by atoms with Crippen molar-refractivity contribution < 1.29 is 4.79 Å². The Morgan fingerprint density at radius 3 is 2.75 bits per heavy atom. The van der Waals surface area contributed by atoms with Gasteiger partial charge in [-0.25, -0.2) is 9.97 Å². The van der Waals surface area contributed by atoms with E-state index in [0.29, 0.717) is 25.5 Å². The van der Waals surface area contributed by atoms with E-state index in [2.05, 4.69) is 30.4 Å². The Labute approximate surface area is 140 Å². The maximum Gasteiger partial charge on any atom is 0.224 e. The normalized spacial score (nSPS) is 15.0. The van der Waals surface area contributed by atoms with E-state index in [1.807, 2.05) is 17.0 Å². The van der Waals surface area contributed by atoms with Crippen molar-refractivity contribution in [1.82, 2.24) is 25.1 Å². The van der Waals surface area contributed by atoms with E-state index < -0.39 is 0 Å². The fourth-order valence-corrected chi connectivity index (χ4v) is 2.69. The van der Waals surface area contributed by atoms with Crippen LogP contribution in [0, 0.1) is 0 Å². The molecule has 1 N–H and O–H groups in total. The van der Waals surface area contributed by atoms with Gasteiger partial charge in [-0.05, 0) is 24.6 Å². The zero-order valence-corrected chi connectivity index (χ0v) is 13.5. The van der Waals surface area contributed by atoms with Gasteiger partial charge in [0.05, 0.1) is 0 Å². The van der Waals surface area contributed by atoms with Crippen LogP contribution in [0.25, 0.3) is 0 Å². The molecule has 0 aliphatic carbocycles. The fraction of sp³-hybridized carbons (Fsp3) is 0.438. The number of nitrogens with zero attached hydrogens (tertiary/aromatic N) is 6. The Hall–Kier alpha value is -2.77. The number of aromatic nitrogens is 4. The standard InChI is InChI=1S/C16H21N7O/c24-15(5-9-19-16-17-6-2-7-18-16)23-11-3-10-22(12-13-23)14-4-1-8-20-21-14/h1-2,4,6-8H,3,5,9-13H2,(H,17,18,19). The van der Waals surface area contributed by atoms with E-state index >= 15 is 0 Å². The number of carbonyl (C=O) groups is 1. The smallest absolute Gasteiger partial charge is 0.224 e. The molecule has 0 radical (unpaired) electrons. The van der Waals surface area contributed by atoms with Crippen LogP contribution >= 0.6 is 0 Å². The van der Waals surface area contributed by atoms with Crippen molar-refractivity contribution in [3.8, 4) is 0 Å². The van der Waals surface area contributed by atoms with Gasteiger partial charge >= 0.3 is 0 Å². The van der Waals surface area contributed by atoms with Crippen LogP contribution in [0.1, 0.15) is 12.8 Å². The lowest BCUT2D eigenvalue weighted by molar-refractivity contribution is -0.130. The molecule has 1 fully saturated rings. The molecule has 24 heavy (non-hydrogen) atoms. The third-order valence-corrected chi connectivity index (χ3v) is 3.92. The Kier molecular flexibility index (Phi) is 5.49. The lowest BCUT2D eigenvalue weighted by Crippen LogP contribution is -2.36. The molecule has 0 unspecified atom stereocenters. The van der Waals surface area contributed by atoms with E-state index in [0.717, 1.165) is 31.9 Å². The zero-order valence-electron chi connectivity index (χ0n) is 13.5. The number of carbonyl (C=O) groups excluding carboxylic acids is 1. The molecule has 1 aliphatic heterocycles. The summed E-state index contributed by atoms with van der Waals surface area (Å²) < 4.78 is 0. The summed E-state index contributed by atoms with van der Waals surface area (Å²) in [6.45, 7) is 3.68. The molecule has 3 rings (SSSR count). The van der Waals surface area contributed by atoms with Crippen LogP contribution in [-0.4, -0.2) is 63.7 Å². The van der Waals surface area contributed by atoms with Gasteiger partial charge in [-0.1, -0.05) is 0 Å². The highest BCUT2D eigenvalue weighted by Crippen LogP contribution is 2.12. The Balaban J connectivity index is 1.46. The van der Waals surface area contributed by atoms with Crippen molar-refractivity contribution >= 4 is 17.7 Å². The van der Waals surface area contributed by atoms with Gasteiger partial charge in [-0.3, -0.25) is 4.79 Å². The van der Waals surface area contributed by atoms with Gasteiger partial charge in [-0.15, -0.1) is 5.10 Å². The van der Waals surface area contributed by atoms with Crippen LogP contribution in [0.2, 0.25) is 0 Å². The Morgan fingerprint density at radius 1 is 1.08 bits per heavy atom. The third kappa shape index (κ3) is 4.37. The molecule has 2 aromatic heterocycles. The minimum atomic E-state index is 0.152. The summed E-state index contributed by atoms with van der Waals surface area (Å²) in [4.78, 5) is 24.6. The third-order valence-electron chi connectivity index (χ3n) is 3.92. The first-order valence-electron chi connectivity index (χ1n) is 8.14. The number of hydrogen-bond donors (Lipinski definition) is 1. The number of nitrogens with one attached hydrogen (secondary N) is 1. The second-order valence-corrected chi connectivity index (χ2v) is 5.55. The van der Waals surface area contributed by atoms with Crippen LogP contribution < -0.4 is 10.2 Å². The quantitative estimate of drug-likeness (QED) is 0.869. The van der Waals surface area contributed by atoms with Crippen molar-refractivity contribution in [3.63, 3.8) is 0 Å². The van der Waals surface area contributed by atoms with Crippen molar-refractivity contribution in [2.75, 3.05) is 42.9 Å². The summed E-state index contributed by atoms with van der Waals surface area (Å²) in [6.07, 6.45) is 6.38. The van der Waals surface area contributed by atoms with Gasteiger partial charge in [-0.2, -0.15) is 5.10 Å². The first-order valence-corrected chi connectivity index (χ1v) is 8.14. The molecule has 8 heteroatoms. The molecule has 0 saturated carbocycles. The molecule has 0 aromatic carbocycles. The van der Waals surface area contributed by atoms with Crippen molar-refractivity contribution in [1.29, 1.82) is 0 Å². The molecule has 0 atom stereocenters. The van der Waals surface area contributed by atoms with Crippen LogP contribution in [0.3, 0.4) is 0 Å². The molecular weight excluding hydrogens is 306 g/mol. The van der Waals surface area contributed by atoms with E-state index in [1.165, 1.54) is 0 Å². The summed E-state index contributed by atoms with van der Waals surface area (Å²) in [5.41, 5.74) is 0. The summed E-state index contributed by atoms with van der Waals surface area (Å²) in [5, 5.41) is 11.1. The molecular formula is C16H21N7O. The minimum Gasteiger partial charge on any atom is -0.354 e. The number of hydrogen-bond acceptors (Lipinski definition) is 7. The fourth-order valence-electron chi connectivity index (χ4n) is 2.69. The van der Waals surface area contributed by atoms with Gasteiger partial charge in [0.25, 0.3) is 0 Å². The molecule has 0 bridgehead atoms. The van der Waals surface area contributed by atoms with Gasteiger partial charge in [0, 0.05) is 57.7 Å². The predicted molar refractivity (Wildman–Crippen MR) is 90.6 cm³/mol. The van der Waals surface area contributed by atoms with Crippen LogP contribution in [-0.2, 0) is 4.79 Å². The van der Waals surface area contributed by atoms with Crippen LogP contribution in [0.5, 0.6) is 0 Å². The maximum absolute atomic E-state index is 12.4. The van der Waals surface area contributed by atoms with Crippen molar-refractivity contribution in [2.24, 2.45) is 0 Å². The summed E-state index contributed by atoms with van der Waals surface area (Å²) >= 11 is 0. The lowest BCUT2D eigenvalue weighted by atomic mass is 10.3. The van der Waals surface area contributed by atoms with Gasteiger partial charge in [0.1, 0.15) is 0 Å². The maximum atomic E-state index is 12.4. The number of rotatable bonds is 5. The van der Waals surface area contributed by atoms with E-state index in [-0.39, 0.29) is 5.91 Å². The van der Waals surface area contributed by atoms with Crippen molar-refractivity contribution in [2.45, 2.75) is 12.8 Å². The topological polar surface area (TPSA) is 87.1 Å². The van der Waals surface area contributed by atoms with Gasteiger partial charge in [0.2, 0.25) is 11.9 Å². The molecule has 1 amide bonds. The Morgan fingerprint density at radius 2 is 1.96 bits per heavy atom. The molecule has 1 saturated heterocycles. The molecule has 126 valence electrons. The van der Waals surface area contributed by atoms with E-state index in [4.69, 9.17) is 0 Å². The second-order valence-electron chi connectivity index (χ2n) is 5.55. The van der Waals surface area contributed by atoms with Crippen LogP contribution in [0.4, 0.5) is 11.8 Å². The first kappa shape index (κ1) is 16.1. The van der Waals surface area contributed by atoms with Crippen molar-refractivity contribution in [3.05, 3.63) is 36.8 Å². The molecule has 3 heterocycles. The lowest BCUT2D eigenvalue weighted by Gasteiger charge is -2.22. The summed E-state index contributed by atoms with van der Waals surface area (Å²) in [5.74, 6) is 1.57. The number of anilines is 2. The van der Waals surface area contributed by atoms with Crippen LogP contribution in [0.15, 0.2) is 36.8 Å². The highest BCUT2D eigenvalue weighted by atomic mass is 16.2. The zero-order chi connectivity index (χ0) is 16.6. The highest BCUT2D eigenvalue weighted by Gasteiger charge is 2.19. The van der Waals surface area contributed by atoms with E-state index in [1.54, 1.807) is 24.7 Å². The summed E-state index contributed by atoms with van der Waals surface area (Å²) in [6, 6.07) is 5.60. The van der Waals surface area contributed by atoms with Gasteiger partial charge < -0.3 is 15.1 Å². The van der Waals surface area contributed by atoms with E-state index in [9.17, 15) is 4.79 Å². The average Bonchev–Trinajstić information content (AvgIpc) is 2.89. The molecule has 0 spiro atoms. The monoisotopic (exact) mass is 327 g/mol. The number of amides is 1. The first-order chi connectivity index (χ1) is 11.8. The molecule has 2 aromatic rings. The molecule has 1 aliphatic rings. The highest BCUT2D eigenvalue weighted by molar-refractivity contribution is 5.76. The minimum absolute atomic E-state index is 0.152. The average molecular weight is 327 g/mol. The van der Waals surface area contributed by atoms with Gasteiger partial charge in [0.15, 0.2) is 5.82 Å². The Bertz CT molecular complexity index is 637. The molecule has 8 nitrogen and oxygen atoms in total. The summed E-state index contributed by atoms with van der Waals surface area (Å²) in [7, 11) is 0. The largest absolute Gasteiger partial charge is 0.354 e. The predicted octanol–water partition coefficient (Wildman–Crippen LogP) is 0.807.